The van der Waals surface area contributed by atoms with Gasteiger partial charge in [-0.2, -0.15) is 0 Å². The van der Waals surface area contributed by atoms with Crippen LogP contribution in [0.25, 0.3) is 0 Å². The highest BCUT2D eigenvalue weighted by molar-refractivity contribution is 7.46. The number of carbonyl (C=O) groups is 1. The molecule has 0 aliphatic rings. The molecule has 8 heteroatoms. The quantitative estimate of drug-likeness (QED) is 0.174. The summed E-state index contributed by atoms with van der Waals surface area (Å²) in [5, 5.41) is 0. The first-order valence-electron chi connectivity index (χ1n) is 7.86. The van der Waals surface area contributed by atoms with Crippen LogP contribution in [-0.4, -0.2) is 60.6 Å². The molecule has 23 heavy (non-hydrogen) atoms. The van der Waals surface area contributed by atoms with Gasteiger partial charge in [-0.15, -0.1) is 0 Å². The van der Waals surface area contributed by atoms with Crippen LogP contribution in [0.3, 0.4) is 0 Å². The Hall–Kier alpha value is -0.720. The van der Waals surface area contributed by atoms with Gasteiger partial charge in [0.15, 0.2) is 0 Å². The summed E-state index contributed by atoms with van der Waals surface area (Å²) in [6.07, 6.45) is 6.58. The van der Waals surface area contributed by atoms with Crippen LogP contribution < -0.4 is 0 Å². The minimum Gasteiger partial charge on any atom is -0.463 e. The number of quaternary nitrogens is 1. The Morgan fingerprint density at radius 3 is 2.26 bits per heavy atom. The van der Waals surface area contributed by atoms with Crippen molar-refractivity contribution in [3.8, 4) is 0 Å². The number of rotatable bonds is 13. The Kier molecular flexibility index (Phi) is 10.6. The molecule has 0 bridgehead atoms. The Morgan fingerprint density at radius 1 is 1.13 bits per heavy atom. The van der Waals surface area contributed by atoms with E-state index in [9.17, 15) is 9.36 Å². The lowest BCUT2D eigenvalue weighted by molar-refractivity contribution is -0.896. The Balaban J connectivity index is 3.92. The molecule has 0 radical (unpaired) electrons. The molecule has 0 aliphatic heterocycles. The molecule has 0 aromatic rings. The lowest BCUT2D eigenvalue weighted by atomic mass is 10.0. The first-order valence-corrected chi connectivity index (χ1v) is 9.39. The van der Waals surface area contributed by atoms with Crippen molar-refractivity contribution in [2.75, 3.05) is 34.4 Å². The zero-order valence-electron chi connectivity index (χ0n) is 14.4. The van der Waals surface area contributed by atoms with Gasteiger partial charge in [-0.05, 0) is 19.3 Å². The summed E-state index contributed by atoms with van der Waals surface area (Å²) in [7, 11) is 1.81. The smallest absolute Gasteiger partial charge is 0.463 e. The van der Waals surface area contributed by atoms with E-state index in [4.69, 9.17) is 14.5 Å². The lowest BCUT2D eigenvalue weighted by Gasteiger charge is -2.34. The zero-order valence-corrected chi connectivity index (χ0v) is 15.3. The van der Waals surface area contributed by atoms with Crippen LogP contribution in [0, 0.1) is 0 Å². The summed E-state index contributed by atoms with van der Waals surface area (Å²) in [6, 6.07) is 0.278. The van der Waals surface area contributed by atoms with E-state index in [0.29, 0.717) is 13.0 Å². The second-order valence-corrected chi connectivity index (χ2v) is 7.70. The van der Waals surface area contributed by atoms with Crippen molar-refractivity contribution in [1.29, 1.82) is 0 Å². The predicted molar refractivity (Wildman–Crippen MR) is 88.7 cm³/mol. The van der Waals surface area contributed by atoms with Crippen LogP contribution in [-0.2, 0) is 18.6 Å². The maximum absolute atomic E-state index is 10.9. The standard InChI is InChI=1S/C15H30NO6P/c1-5-15(17)21-12-9-7-6-8-10-14(16(2,3)4)11-13-22-23(18,19)20/h5,14H,1,6-13H2,2-4H3,(H-,18,19,20)/p+1. The Labute approximate surface area is 139 Å². The summed E-state index contributed by atoms with van der Waals surface area (Å²) in [5.41, 5.74) is 0. The number of esters is 1. The highest BCUT2D eigenvalue weighted by Crippen LogP contribution is 2.36. The first kappa shape index (κ1) is 22.3. The average Bonchev–Trinajstić information content (AvgIpc) is 2.41. The van der Waals surface area contributed by atoms with E-state index < -0.39 is 7.82 Å². The van der Waals surface area contributed by atoms with Crippen LogP contribution in [0.1, 0.15) is 38.5 Å². The largest absolute Gasteiger partial charge is 0.469 e. The highest BCUT2D eigenvalue weighted by Gasteiger charge is 2.24. The molecule has 0 aliphatic carbocycles. The summed E-state index contributed by atoms with van der Waals surface area (Å²) < 4.78 is 20.9. The number of carbonyl (C=O) groups excluding carboxylic acids is 1. The SMILES string of the molecule is C=CC(=O)OCCCCCCC(CCOP(=O)(O)O)[N+](C)(C)C. The third kappa shape index (κ3) is 13.4. The van der Waals surface area contributed by atoms with Crippen LogP contribution in [0.4, 0.5) is 0 Å². The van der Waals surface area contributed by atoms with Gasteiger partial charge in [-0.25, -0.2) is 9.36 Å². The van der Waals surface area contributed by atoms with E-state index >= 15 is 0 Å². The monoisotopic (exact) mass is 352 g/mol. The van der Waals surface area contributed by atoms with Crippen molar-refractivity contribution < 1.29 is 32.9 Å². The Bertz CT molecular complexity index is 401. The molecule has 1 atom stereocenters. The first-order chi connectivity index (χ1) is 10.6. The maximum Gasteiger partial charge on any atom is 0.469 e. The van der Waals surface area contributed by atoms with Gasteiger partial charge in [0.2, 0.25) is 0 Å². The van der Waals surface area contributed by atoms with Crippen LogP contribution in [0.5, 0.6) is 0 Å². The third-order valence-electron chi connectivity index (χ3n) is 3.65. The Morgan fingerprint density at radius 2 is 1.74 bits per heavy atom. The average molecular weight is 352 g/mol. The van der Waals surface area contributed by atoms with E-state index in [1.54, 1.807) is 0 Å². The fraction of sp³-hybridized carbons (Fsp3) is 0.800. The topological polar surface area (TPSA) is 93.1 Å². The van der Waals surface area contributed by atoms with E-state index in [2.05, 4.69) is 32.2 Å². The van der Waals surface area contributed by atoms with Crippen LogP contribution >= 0.6 is 7.82 Å². The molecule has 0 aromatic carbocycles. The van der Waals surface area contributed by atoms with Crippen molar-refractivity contribution in [2.24, 2.45) is 0 Å². The van der Waals surface area contributed by atoms with Crippen molar-refractivity contribution in [1.82, 2.24) is 0 Å². The molecule has 0 saturated carbocycles. The molecule has 7 nitrogen and oxygen atoms in total. The zero-order chi connectivity index (χ0) is 17.9. The van der Waals surface area contributed by atoms with E-state index in [0.717, 1.165) is 42.7 Å². The molecular weight excluding hydrogens is 321 g/mol. The fourth-order valence-electron chi connectivity index (χ4n) is 2.29. The number of nitrogens with zero attached hydrogens (tertiary/aromatic N) is 1. The molecule has 0 amide bonds. The van der Waals surface area contributed by atoms with Crippen molar-refractivity contribution >= 4 is 13.8 Å². The second kappa shape index (κ2) is 10.9. The molecular formula is C15H31NO6P+. The maximum atomic E-state index is 10.9. The minimum absolute atomic E-state index is 0.0575. The molecule has 2 N–H and O–H groups in total. The summed E-state index contributed by atoms with van der Waals surface area (Å²) in [6.45, 7) is 3.81. The lowest BCUT2D eigenvalue weighted by Crippen LogP contribution is -2.45. The van der Waals surface area contributed by atoms with Gasteiger partial charge in [-0.1, -0.05) is 19.4 Å². The number of unbranched alkanes of at least 4 members (excludes halogenated alkanes) is 3. The van der Waals surface area contributed by atoms with Crippen molar-refractivity contribution in [3.05, 3.63) is 12.7 Å². The fourth-order valence-corrected chi connectivity index (χ4v) is 2.64. The number of hydrogen-bond donors (Lipinski definition) is 2. The molecule has 0 spiro atoms. The number of ether oxygens (including phenoxy) is 1. The molecule has 0 fully saturated rings. The molecule has 136 valence electrons. The second-order valence-electron chi connectivity index (χ2n) is 6.46. The van der Waals surface area contributed by atoms with Gasteiger partial charge in [0, 0.05) is 12.5 Å². The summed E-state index contributed by atoms with van der Waals surface area (Å²) in [4.78, 5) is 28.3. The van der Waals surface area contributed by atoms with Gasteiger partial charge in [0.05, 0.1) is 40.4 Å². The minimum atomic E-state index is -4.38. The van der Waals surface area contributed by atoms with Crippen molar-refractivity contribution in [2.45, 2.75) is 44.6 Å². The van der Waals surface area contributed by atoms with Crippen LogP contribution in [0.2, 0.25) is 0 Å². The molecule has 0 saturated heterocycles. The van der Waals surface area contributed by atoms with Crippen LogP contribution in [0.15, 0.2) is 12.7 Å². The normalized spacial score (nSPS) is 13.6. The number of hydrogen-bond acceptors (Lipinski definition) is 4. The van der Waals surface area contributed by atoms with Gasteiger partial charge < -0.3 is 19.0 Å². The van der Waals surface area contributed by atoms with Gasteiger partial charge in [0.1, 0.15) is 0 Å². The van der Waals surface area contributed by atoms with Gasteiger partial charge in [0.25, 0.3) is 0 Å². The molecule has 0 heterocycles. The summed E-state index contributed by atoms with van der Waals surface area (Å²) in [5.74, 6) is -0.389. The van der Waals surface area contributed by atoms with E-state index in [-0.39, 0.29) is 18.6 Å². The molecule has 0 aromatic heterocycles. The van der Waals surface area contributed by atoms with Gasteiger partial charge >= 0.3 is 13.8 Å². The molecule has 1 unspecified atom stereocenters. The summed E-state index contributed by atoms with van der Waals surface area (Å²) >= 11 is 0. The van der Waals surface area contributed by atoms with Gasteiger partial charge in [-0.3, -0.25) is 4.52 Å². The third-order valence-corrected chi connectivity index (χ3v) is 4.17. The number of phosphoric acid groups is 1. The highest BCUT2D eigenvalue weighted by atomic mass is 31.2. The number of phosphoric ester groups is 1. The van der Waals surface area contributed by atoms with Crippen molar-refractivity contribution in [3.63, 3.8) is 0 Å². The predicted octanol–water partition coefficient (Wildman–Crippen LogP) is 2.24. The van der Waals surface area contributed by atoms with E-state index in [1.807, 2.05) is 0 Å². The molecule has 0 rings (SSSR count). The van der Waals surface area contributed by atoms with E-state index in [1.165, 1.54) is 0 Å².